The van der Waals surface area contributed by atoms with E-state index in [9.17, 15) is 14.4 Å². The number of pyridine rings is 1. The third-order valence-electron chi connectivity index (χ3n) is 4.65. The van der Waals surface area contributed by atoms with E-state index in [4.69, 9.17) is 4.74 Å². The molecule has 3 aromatic heterocycles. The fraction of sp³-hybridized carbons (Fsp3) is 0.353. The Hall–Kier alpha value is -2.53. The molecule has 0 saturated carbocycles. The van der Waals surface area contributed by atoms with Crippen LogP contribution in [0.15, 0.2) is 40.4 Å². The third kappa shape index (κ3) is 4.73. The number of carbonyl (C=O) groups excluding carboxylic acids is 1. The molecule has 0 fully saturated rings. The molecule has 1 atom stereocenters. The van der Waals surface area contributed by atoms with Crippen LogP contribution in [0.3, 0.4) is 0 Å². The summed E-state index contributed by atoms with van der Waals surface area (Å²) in [4.78, 5) is 44.7. The Labute approximate surface area is 178 Å². The summed E-state index contributed by atoms with van der Waals surface area (Å²) in [5, 5.41) is 5.48. The van der Waals surface area contributed by atoms with Crippen LogP contribution in [0.2, 0.25) is 3.93 Å². The summed E-state index contributed by atoms with van der Waals surface area (Å²) in [6.07, 6.45) is 4.64. The van der Waals surface area contributed by atoms with Gasteiger partial charge in [0.2, 0.25) is 0 Å². The molecule has 0 bridgehead atoms. The van der Waals surface area contributed by atoms with Crippen LogP contribution in [0.25, 0.3) is 11.2 Å². The monoisotopic (exact) mass is 589 g/mol. The molecule has 0 saturated heterocycles. The number of nitrogens with zero attached hydrogens (tertiary/aromatic N) is 5. The maximum absolute atomic E-state index is 12.5. The Bertz CT molecular complexity index is 1120. The van der Waals surface area contributed by atoms with Crippen molar-refractivity contribution >= 4 is 22.9 Å². The van der Waals surface area contributed by atoms with E-state index in [0.29, 0.717) is 23.4 Å². The fourth-order valence-electron chi connectivity index (χ4n) is 2.97. The quantitative estimate of drug-likeness (QED) is 0.373. The van der Waals surface area contributed by atoms with E-state index in [2.05, 4.69) is 20.6 Å². The first-order valence-corrected chi connectivity index (χ1v) is 15.4. The average Bonchev–Trinajstić information content (AvgIpc) is 3.15. The van der Waals surface area contributed by atoms with Crippen LogP contribution in [0.4, 0.5) is 10.5 Å². The van der Waals surface area contributed by atoms with Crippen molar-refractivity contribution < 1.29 is 34.4 Å². The molecule has 0 aromatic carbocycles. The molecule has 2 N–H and O–H groups in total. The van der Waals surface area contributed by atoms with Crippen LogP contribution in [-0.4, -0.2) is 47.2 Å². The summed E-state index contributed by atoms with van der Waals surface area (Å²) in [5.41, 5.74) is 0.700. The molecular formula is C17H21HgN7O4. The van der Waals surface area contributed by atoms with Crippen LogP contribution in [-0.2, 0) is 43.7 Å². The Kier molecular flexibility index (Phi) is 6.80. The molecule has 0 spiro atoms. The van der Waals surface area contributed by atoms with Gasteiger partial charge in [-0.15, -0.1) is 0 Å². The normalized spacial score (nSPS) is 11.8. The van der Waals surface area contributed by atoms with Gasteiger partial charge < -0.3 is 0 Å². The third-order valence-corrected chi connectivity index (χ3v) is 11.9. The van der Waals surface area contributed by atoms with Gasteiger partial charge in [0.25, 0.3) is 0 Å². The molecule has 3 heterocycles. The number of carbonyl (C=O) groups is 1. The molecular weight excluding hydrogens is 567 g/mol. The van der Waals surface area contributed by atoms with E-state index < -0.39 is 30.6 Å². The number of imidazole rings is 1. The van der Waals surface area contributed by atoms with E-state index in [1.165, 1.54) is 11.6 Å². The van der Waals surface area contributed by atoms with Gasteiger partial charge >= 0.3 is 179 Å². The van der Waals surface area contributed by atoms with Gasteiger partial charge in [0, 0.05) is 0 Å². The van der Waals surface area contributed by atoms with Crippen molar-refractivity contribution in [2.45, 2.75) is 10.0 Å². The van der Waals surface area contributed by atoms with E-state index in [-0.39, 0.29) is 17.7 Å². The summed E-state index contributed by atoms with van der Waals surface area (Å²) in [6, 6.07) is 3.14. The van der Waals surface area contributed by atoms with Gasteiger partial charge in [-0.3, -0.25) is 0 Å². The predicted molar refractivity (Wildman–Crippen MR) is 102 cm³/mol. The molecule has 1 unspecified atom stereocenters. The SMILES string of the molecule is COC(CNC(=O)Nc1cccnc1)[CH2][Hg][n]1cnc2c1c(=O)n(C)c(=O)n2C. The van der Waals surface area contributed by atoms with Crippen molar-refractivity contribution in [2.75, 3.05) is 19.0 Å². The van der Waals surface area contributed by atoms with Crippen LogP contribution in [0, 0.1) is 0 Å². The first-order valence-electron chi connectivity index (χ1n) is 9.01. The maximum atomic E-state index is 12.5. The van der Waals surface area contributed by atoms with Crippen molar-refractivity contribution in [1.29, 1.82) is 0 Å². The van der Waals surface area contributed by atoms with Crippen LogP contribution in [0.5, 0.6) is 0 Å². The minimum absolute atomic E-state index is 0.176. The van der Waals surface area contributed by atoms with E-state index in [1.54, 1.807) is 45.0 Å². The van der Waals surface area contributed by atoms with Crippen molar-refractivity contribution in [3.05, 3.63) is 51.7 Å². The number of aryl methyl sites for hydroxylation is 1. The van der Waals surface area contributed by atoms with E-state index in [1.807, 2.05) is 2.33 Å². The topological polar surface area (TPSA) is 125 Å². The van der Waals surface area contributed by atoms with Gasteiger partial charge in [-0.05, 0) is 0 Å². The van der Waals surface area contributed by atoms with E-state index in [0.717, 1.165) is 8.50 Å². The number of urea groups is 1. The molecule has 12 heteroatoms. The molecule has 0 aliphatic rings. The second kappa shape index (κ2) is 9.31. The number of ether oxygens (including phenoxy) is 1. The van der Waals surface area contributed by atoms with Gasteiger partial charge in [0.15, 0.2) is 0 Å². The molecule has 29 heavy (non-hydrogen) atoms. The number of aromatic nitrogens is 5. The average molecular weight is 588 g/mol. The molecule has 2 amide bonds. The number of fused-ring (bicyclic) bond motifs is 1. The summed E-state index contributed by atoms with van der Waals surface area (Å²) in [7, 11) is 4.65. The Morgan fingerprint density at radius 1 is 1.31 bits per heavy atom. The van der Waals surface area contributed by atoms with E-state index >= 15 is 0 Å². The van der Waals surface area contributed by atoms with Gasteiger partial charge in [0.05, 0.1) is 0 Å². The van der Waals surface area contributed by atoms with Crippen molar-refractivity contribution in [2.24, 2.45) is 14.1 Å². The second-order valence-electron chi connectivity index (χ2n) is 6.54. The van der Waals surface area contributed by atoms with Crippen molar-refractivity contribution in [1.82, 2.24) is 26.8 Å². The number of methoxy groups -OCH3 is 1. The van der Waals surface area contributed by atoms with Crippen LogP contribution < -0.4 is 21.9 Å². The standard InChI is InChI=1S/C10H14N3O2.C7H8N4O2.Hg/c1-8(15-2)6-12-10(14)13-9-4-3-5-11-7-9;1-10-5-4(8-3-9-5)6(12)11(2)7(10)13;/h3-5,7-8H,1,6H2,2H3,(H2,12,13,14);3H,1-2H3,(H,8,9,12);/q;;+1/p-1. The molecule has 0 aliphatic heterocycles. The summed E-state index contributed by atoms with van der Waals surface area (Å²) in [5.74, 6) is 0. The Balaban J connectivity index is 1.63. The first kappa shape index (κ1) is 21.2. The zero-order chi connectivity index (χ0) is 21.0. The van der Waals surface area contributed by atoms with Gasteiger partial charge in [0.1, 0.15) is 0 Å². The van der Waals surface area contributed by atoms with Crippen molar-refractivity contribution in [3.8, 4) is 0 Å². The molecule has 150 valence electrons. The summed E-state index contributed by atoms with van der Waals surface area (Å²) < 4.78 is 10.6. The molecule has 0 aliphatic carbocycles. The number of nitrogens with one attached hydrogen (secondary N) is 2. The first-order chi connectivity index (χ1) is 13.9. The van der Waals surface area contributed by atoms with Crippen molar-refractivity contribution in [3.63, 3.8) is 0 Å². The summed E-state index contributed by atoms with van der Waals surface area (Å²) in [6.45, 7) is 0.339. The van der Waals surface area contributed by atoms with Gasteiger partial charge in [-0.1, -0.05) is 0 Å². The number of amides is 2. The van der Waals surface area contributed by atoms with Crippen LogP contribution >= 0.6 is 0 Å². The summed E-state index contributed by atoms with van der Waals surface area (Å²) >= 11 is -1.86. The molecule has 0 radical (unpaired) electrons. The van der Waals surface area contributed by atoms with Gasteiger partial charge in [-0.25, -0.2) is 0 Å². The number of anilines is 1. The molecule has 3 aromatic rings. The predicted octanol–water partition coefficient (Wildman–Crippen LogP) is -0.0707. The second-order valence-corrected chi connectivity index (χ2v) is 13.2. The number of rotatable bonds is 7. The minimum atomic E-state index is -1.86. The zero-order valence-electron chi connectivity index (χ0n) is 16.5. The fourth-order valence-corrected chi connectivity index (χ4v) is 9.59. The van der Waals surface area contributed by atoms with Gasteiger partial charge in [-0.2, -0.15) is 0 Å². The Morgan fingerprint density at radius 3 is 2.79 bits per heavy atom. The van der Waals surface area contributed by atoms with Crippen LogP contribution in [0.1, 0.15) is 0 Å². The molecule has 11 nitrogen and oxygen atoms in total. The Morgan fingerprint density at radius 2 is 2.10 bits per heavy atom. The zero-order valence-corrected chi connectivity index (χ0v) is 22.0. The number of hydrogen-bond donors (Lipinski definition) is 2. The number of hydrogen-bond acceptors (Lipinski definition) is 6. The molecule has 3 rings (SSSR count).